The monoisotopic (exact) mass is 329 g/mol. The number of phenols is 1. The Labute approximate surface area is 122 Å². The number of alkyl halides is 1. The zero-order chi connectivity index (χ0) is 14.5. The number of benzene rings is 1. The summed E-state index contributed by atoms with van der Waals surface area (Å²) in [4.78, 5) is 12.2. The van der Waals surface area contributed by atoms with E-state index in [1.165, 1.54) is 19.2 Å². The Kier molecular flexibility index (Phi) is 5.66. The van der Waals surface area contributed by atoms with Crippen LogP contribution in [0.2, 0.25) is 0 Å². The first-order chi connectivity index (χ1) is 8.95. The van der Waals surface area contributed by atoms with Gasteiger partial charge in [0.1, 0.15) is 11.5 Å². The molecule has 0 aromatic heterocycles. The molecule has 0 radical (unpaired) electrons. The maximum atomic E-state index is 12.2. The number of ether oxygens (including phenoxy) is 1. The SMILES string of the molecule is CCC(C)(CCBr)NC(=O)c1cc(OC)ccc1O. The van der Waals surface area contributed by atoms with Gasteiger partial charge >= 0.3 is 0 Å². The smallest absolute Gasteiger partial charge is 0.255 e. The van der Waals surface area contributed by atoms with Gasteiger partial charge in [-0.15, -0.1) is 0 Å². The van der Waals surface area contributed by atoms with Crippen LogP contribution < -0.4 is 10.1 Å². The standard InChI is InChI=1S/C14H20BrNO3/c1-4-14(2,7-8-15)16-13(18)11-9-10(19-3)5-6-12(11)17/h5-6,9,17H,4,7-8H2,1-3H3,(H,16,18). The highest BCUT2D eigenvalue weighted by Gasteiger charge is 2.25. The number of phenolic OH excluding ortho intramolecular Hbond substituents is 1. The Morgan fingerprint density at radius 2 is 2.21 bits per heavy atom. The summed E-state index contributed by atoms with van der Waals surface area (Å²) in [6, 6.07) is 4.61. The van der Waals surface area contributed by atoms with Crippen molar-refractivity contribution < 1.29 is 14.6 Å². The van der Waals surface area contributed by atoms with Crippen molar-refractivity contribution in [3.05, 3.63) is 23.8 Å². The Morgan fingerprint density at radius 1 is 1.53 bits per heavy atom. The van der Waals surface area contributed by atoms with E-state index in [1.807, 2.05) is 13.8 Å². The van der Waals surface area contributed by atoms with E-state index in [0.717, 1.165) is 18.2 Å². The summed E-state index contributed by atoms with van der Waals surface area (Å²) < 4.78 is 5.07. The molecular formula is C14H20BrNO3. The largest absolute Gasteiger partial charge is 0.507 e. The van der Waals surface area contributed by atoms with E-state index in [9.17, 15) is 9.90 Å². The van der Waals surface area contributed by atoms with Crippen molar-refractivity contribution in [2.24, 2.45) is 0 Å². The van der Waals surface area contributed by atoms with Gasteiger partial charge in [0.25, 0.3) is 5.91 Å². The molecule has 1 rings (SSSR count). The van der Waals surface area contributed by atoms with Crippen LogP contribution in [0.25, 0.3) is 0 Å². The maximum absolute atomic E-state index is 12.2. The van der Waals surface area contributed by atoms with Crippen molar-refractivity contribution in [1.82, 2.24) is 5.32 Å². The number of methoxy groups -OCH3 is 1. The summed E-state index contributed by atoms with van der Waals surface area (Å²) in [5, 5.41) is 13.5. The lowest BCUT2D eigenvalue weighted by Crippen LogP contribution is -2.45. The average molecular weight is 330 g/mol. The van der Waals surface area contributed by atoms with Crippen LogP contribution in [0.15, 0.2) is 18.2 Å². The number of rotatable bonds is 6. The molecule has 1 unspecified atom stereocenters. The fraction of sp³-hybridized carbons (Fsp3) is 0.500. The number of hydrogen-bond donors (Lipinski definition) is 2. The zero-order valence-electron chi connectivity index (χ0n) is 11.5. The van der Waals surface area contributed by atoms with Gasteiger partial charge in [-0.05, 0) is 38.0 Å². The molecule has 0 bridgehead atoms. The molecule has 5 heteroatoms. The lowest BCUT2D eigenvalue weighted by atomic mass is 9.95. The zero-order valence-corrected chi connectivity index (χ0v) is 13.1. The molecule has 0 saturated carbocycles. The van der Waals surface area contributed by atoms with Crippen LogP contribution in [0.4, 0.5) is 0 Å². The summed E-state index contributed by atoms with van der Waals surface area (Å²) >= 11 is 3.39. The van der Waals surface area contributed by atoms with Crippen LogP contribution in [0.3, 0.4) is 0 Å². The predicted molar refractivity (Wildman–Crippen MR) is 79.2 cm³/mol. The maximum Gasteiger partial charge on any atom is 0.255 e. The molecule has 0 aliphatic rings. The predicted octanol–water partition coefficient (Wildman–Crippen LogP) is 3.08. The number of carbonyl (C=O) groups is 1. The summed E-state index contributed by atoms with van der Waals surface area (Å²) in [7, 11) is 1.52. The topological polar surface area (TPSA) is 58.6 Å². The van der Waals surface area contributed by atoms with Crippen LogP contribution in [0.1, 0.15) is 37.0 Å². The number of amides is 1. The highest BCUT2D eigenvalue weighted by Crippen LogP contribution is 2.24. The molecule has 0 aliphatic carbocycles. The molecule has 4 nitrogen and oxygen atoms in total. The molecule has 19 heavy (non-hydrogen) atoms. The second kappa shape index (κ2) is 6.80. The Hall–Kier alpha value is -1.23. The van der Waals surface area contributed by atoms with Crippen LogP contribution in [0.5, 0.6) is 11.5 Å². The van der Waals surface area contributed by atoms with E-state index in [-0.39, 0.29) is 22.8 Å². The lowest BCUT2D eigenvalue weighted by molar-refractivity contribution is 0.0898. The number of hydrogen-bond acceptors (Lipinski definition) is 3. The highest BCUT2D eigenvalue weighted by atomic mass is 79.9. The van der Waals surface area contributed by atoms with Gasteiger partial charge in [0.2, 0.25) is 0 Å². The van der Waals surface area contributed by atoms with Crippen molar-refractivity contribution in [2.45, 2.75) is 32.2 Å². The summed E-state index contributed by atoms with van der Waals surface area (Å²) in [6.45, 7) is 4.01. The van der Waals surface area contributed by atoms with Crippen LogP contribution in [-0.2, 0) is 0 Å². The van der Waals surface area contributed by atoms with Gasteiger partial charge in [-0.1, -0.05) is 22.9 Å². The molecule has 0 fully saturated rings. The van der Waals surface area contributed by atoms with Crippen molar-refractivity contribution >= 4 is 21.8 Å². The summed E-state index contributed by atoms with van der Waals surface area (Å²) in [5.41, 5.74) is -0.0654. The van der Waals surface area contributed by atoms with E-state index >= 15 is 0 Å². The van der Waals surface area contributed by atoms with Gasteiger partial charge in [-0.3, -0.25) is 4.79 Å². The number of aromatic hydroxyl groups is 1. The van der Waals surface area contributed by atoms with Gasteiger partial charge in [0.15, 0.2) is 0 Å². The minimum absolute atomic E-state index is 0.0457. The molecule has 1 amide bonds. The number of halogens is 1. The van der Waals surface area contributed by atoms with Gasteiger partial charge < -0.3 is 15.2 Å². The van der Waals surface area contributed by atoms with E-state index < -0.39 is 0 Å². The first kappa shape index (κ1) is 15.8. The second-order valence-electron chi connectivity index (χ2n) is 4.69. The van der Waals surface area contributed by atoms with E-state index in [0.29, 0.717) is 5.75 Å². The van der Waals surface area contributed by atoms with E-state index in [1.54, 1.807) is 6.07 Å². The van der Waals surface area contributed by atoms with Crippen LogP contribution in [0, 0.1) is 0 Å². The molecule has 1 atom stereocenters. The van der Waals surface area contributed by atoms with Crippen molar-refractivity contribution in [3.63, 3.8) is 0 Å². The summed E-state index contributed by atoms with van der Waals surface area (Å²) in [5.74, 6) is 0.207. The molecule has 1 aromatic carbocycles. The van der Waals surface area contributed by atoms with Gasteiger partial charge in [0, 0.05) is 10.9 Å². The van der Waals surface area contributed by atoms with E-state index in [2.05, 4.69) is 21.2 Å². The highest BCUT2D eigenvalue weighted by molar-refractivity contribution is 9.09. The van der Waals surface area contributed by atoms with Crippen molar-refractivity contribution in [1.29, 1.82) is 0 Å². The van der Waals surface area contributed by atoms with Crippen LogP contribution >= 0.6 is 15.9 Å². The lowest BCUT2D eigenvalue weighted by Gasteiger charge is -2.29. The molecule has 1 aromatic rings. The quantitative estimate of drug-likeness (QED) is 0.788. The first-order valence-corrected chi connectivity index (χ1v) is 7.33. The third kappa shape index (κ3) is 4.13. The molecule has 0 saturated heterocycles. The van der Waals surface area contributed by atoms with Gasteiger partial charge in [-0.2, -0.15) is 0 Å². The minimum atomic E-state index is -0.296. The Bertz CT molecular complexity index is 450. The second-order valence-corrected chi connectivity index (χ2v) is 5.48. The first-order valence-electron chi connectivity index (χ1n) is 6.21. The molecule has 106 valence electrons. The molecule has 0 aliphatic heterocycles. The third-order valence-electron chi connectivity index (χ3n) is 3.29. The van der Waals surface area contributed by atoms with Gasteiger partial charge in [0.05, 0.1) is 12.7 Å². The molecule has 0 heterocycles. The molecule has 0 spiro atoms. The number of carbonyl (C=O) groups excluding carboxylic acids is 1. The Morgan fingerprint density at radius 3 is 2.74 bits per heavy atom. The Balaban J connectivity index is 2.94. The van der Waals surface area contributed by atoms with Crippen LogP contribution in [-0.4, -0.2) is 29.0 Å². The fourth-order valence-electron chi connectivity index (χ4n) is 1.70. The molecular weight excluding hydrogens is 310 g/mol. The third-order valence-corrected chi connectivity index (χ3v) is 3.69. The minimum Gasteiger partial charge on any atom is -0.507 e. The fourth-order valence-corrected chi connectivity index (χ4v) is 2.58. The average Bonchev–Trinajstić information content (AvgIpc) is 2.39. The summed E-state index contributed by atoms with van der Waals surface area (Å²) in [6.07, 6.45) is 1.63. The van der Waals surface area contributed by atoms with Crippen molar-refractivity contribution in [3.8, 4) is 11.5 Å². The molecule has 2 N–H and O–H groups in total. The van der Waals surface area contributed by atoms with E-state index in [4.69, 9.17) is 4.74 Å². The number of nitrogens with one attached hydrogen (secondary N) is 1. The normalized spacial score (nSPS) is 13.7. The van der Waals surface area contributed by atoms with Crippen molar-refractivity contribution in [2.75, 3.05) is 12.4 Å². The van der Waals surface area contributed by atoms with Gasteiger partial charge in [-0.25, -0.2) is 0 Å².